The molecule has 1 N–H and O–H groups in total. The number of benzene rings is 1. The van der Waals surface area contributed by atoms with Gasteiger partial charge < -0.3 is 14.8 Å². The van der Waals surface area contributed by atoms with Crippen LogP contribution in [-0.4, -0.2) is 36.6 Å². The Hall–Kier alpha value is -1.98. The van der Waals surface area contributed by atoms with E-state index < -0.39 is 35.5 Å². The monoisotopic (exact) mass is 439 g/mol. The van der Waals surface area contributed by atoms with E-state index in [1.54, 1.807) is 0 Å². The fraction of sp³-hybridized carbons (Fsp3) is 0.333. The van der Waals surface area contributed by atoms with Crippen molar-refractivity contribution in [3.8, 4) is 5.69 Å². The van der Waals surface area contributed by atoms with Gasteiger partial charge in [-0.1, -0.05) is 15.9 Å². The second kappa shape index (κ2) is 8.14. The number of nitrogens with one attached hydrogen (secondary N) is 1. The molecule has 1 heterocycles. The summed E-state index contributed by atoms with van der Waals surface area (Å²) in [5.74, 6) is -1.31. The van der Waals surface area contributed by atoms with Crippen LogP contribution in [0.1, 0.15) is 5.69 Å². The molecular weight excluding hydrogens is 426 g/mol. The summed E-state index contributed by atoms with van der Waals surface area (Å²) in [6.45, 7) is -0.126. The van der Waals surface area contributed by atoms with Gasteiger partial charge in [-0.05, 0) is 18.2 Å². The summed E-state index contributed by atoms with van der Waals surface area (Å²) in [5, 5.41) is 2.53. The highest BCUT2D eigenvalue weighted by atomic mass is 79.9. The molecule has 26 heavy (non-hydrogen) atoms. The molecule has 0 unspecified atom stereocenters. The Morgan fingerprint density at radius 3 is 2.46 bits per heavy atom. The summed E-state index contributed by atoms with van der Waals surface area (Å²) in [5.41, 5.74) is -2.75. The van der Waals surface area contributed by atoms with Gasteiger partial charge in [0.15, 0.2) is 12.0 Å². The molecular formula is C15H14BrF4N3O3. The number of anilines is 1. The fourth-order valence-electron chi connectivity index (χ4n) is 2.08. The van der Waals surface area contributed by atoms with Crippen LogP contribution in [0.2, 0.25) is 0 Å². The number of hydrogen-bond acceptors (Lipinski definition) is 5. The molecule has 0 spiro atoms. The molecule has 2 aromatic rings. The first-order chi connectivity index (χ1) is 12.2. The molecule has 142 valence electrons. The van der Waals surface area contributed by atoms with Gasteiger partial charge in [0.1, 0.15) is 5.82 Å². The number of hydrogen-bond donors (Lipinski definition) is 1. The van der Waals surface area contributed by atoms with E-state index in [2.05, 4.69) is 26.2 Å². The first-order valence-electron chi connectivity index (χ1n) is 7.13. The highest BCUT2D eigenvalue weighted by Gasteiger charge is 2.34. The largest absolute Gasteiger partial charge is 0.433 e. The average Bonchev–Trinajstić information content (AvgIpc) is 2.55. The molecule has 0 bridgehead atoms. The molecule has 0 fully saturated rings. The molecule has 0 radical (unpaired) electrons. The normalized spacial score (nSPS) is 11.8. The highest BCUT2D eigenvalue weighted by molar-refractivity contribution is 9.10. The summed E-state index contributed by atoms with van der Waals surface area (Å²) >= 11 is 3.07. The minimum Gasteiger partial charge on any atom is -0.354 e. The van der Waals surface area contributed by atoms with E-state index in [1.807, 2.05) is 0 Å². The maximum Gasteiger partial charge on any atom is 0.433 e. The third-order valence-corrected chi connectivity index (χ3v) is 3.81. The molecule has 0 atom stereocenters. The summed E-state index contributed by atoms with van der Waals surface area (Å²) < 4.78 is 64.2. The van der Waals surface area contributed by atoms with E-state index in [1.165, 1.54) is 26.4 Å². The van der Waals surface area contributed by atoms with Crippen LogP contribution in [0.15, 0.2) is 33.5 Å². The van der Waals surface area contributed by atoms with E-state index >= 15 is 0 Å². The molecule has 6 nitrogen and oxygen atoms in total. The minimum absolute atomic E-state index is 0.126. The Morgan fingerprint density at radius 1 is 1.27 bits per heavy atom. The maximum atomic E-state index is 14.2. The van der Waals surface area contributed by atoms with Crippen LogP contribution in [-0.2, 0) is 15.7 Å². The first kappa shape index (κ1) is 20.3. The molecule has 0 saturated heterocycles. The quantitative estimate of drug-likeness (QED) is 0.553. The fourth-order valence-corrected chi connectivity index (χ4v) is 2.41. The van der Waals surface area contributed by atoms with Gasteiger partial charge in [-0.25, -0.2) is 13.9 Å². The van der Waals surface area contributed by atoms with E-state index in [0.29, 0.717) is 15.1 Å². The molecule has 2 rings (SSSR count). The lowest BCUT2D eigenvalue weighted by Crippen LogP contribution is -2.30. The number of rotatable bonds is 6. The predicted octanol–water partition coefficient (Wildman–Crippen LogP) is 3.18. The van der Waals surface area contributed by atoms with Gasteiger partial charge in [0, 0.05) is 24.8 Å². The van der Waals surface area contributed by atoms with Gasteiger partial charge in [0.2, 0.25) is 5.95 Å². The minimum atomic E-state index is -4.84. The SMILES string of the molecule is COC(CNc1nc(C(F)(F)F)cc(=O)n1-c1ccc(Br)cc1F)OC. The van der Waals surface area contributed by atoms with Crippen LogP contribution >= 0.6 is 15.9 Å². The Bertz CT molecular complexity index is 838. The topological polar surface area (TPSA) is 65.4 Å². The van der Waals surface area contributed by atoms with E-state index in [4.69, 9.17) is 9.47 Å². The zero-order chi connectivity index (χ0) is 19.5. The lowest BCUT2D eigenvalue weighted by Gasteiger charge is -2.19. The third kappa shape index (κ3) is 4.59. The molecule has 1 aromatic carbocycles. The molecule has 0 aliphatic carbocycles. The number of nitrogens with zero attached hydrogens (tertiary/aromatic N) is 2. The van der Waals surface area contributed by atoms with Gasteiger partial charge in [0.05, 0.1) is 12.2 Å². The molecule has 11 heteroatoms. The molecule has 0 saturated carbocycles. The van der Waals surface area contributed by atoms with Gasteiger partial charge in [-0.2, -0.15) is 13.2 Å². The molecule has 0 amide bonds. The maximum absolute atomic E-state index is 14.2. The average molecular weight is 440 g/mol. The molecule has 0 aliphatic rings. The van der Waals surface area contributed by atoms with Crippen molar-refractivity contribution in [2.45, 2.75) is 12.5 Å². The van der Waals surface area contributed by atoms with Crippen molar-refractivity contribution in [3.63, 3.8) is 0 Å². The van der Waals surface area contributed by atoms with Gasteiger partial charge >= 0.3 is 6.18 Å². The standard InChI is InChI=1S/C15H14BrF4N3O3/c1-25-13(26-2)7-21-14-22-11(15(18,19)20)6-12(24)23(14)10-4-3-8(16)5-9(10)17/h3-6,13H,7H2,1-2H3,(H,21,22). The lowest BCUT2D eigenvalue weighted by atomic mass is 10.3. The molecule has 0 aliphatic heterocycles. The first-order valence-corrected chi connectivity index (χ1v) is 7.93. The van der Waals surface area contributed by atoms with Crippen LogP contribution in [0.25, 0.3) is 5.69 Å². The Labute approximate surface area is 153 Å². The predicted molar refractivity (Wildman–Crippen MR) is 88.8 cm³/mol. The highest BCUT2D eigenvalue weighted by Crippen LogP contribution is 2.28. The zero-order valence-corrected chi connectivity index (χ0v) is 15.2. The van der Waals surface area contributed by atoms with Crippen LogP contribution in [0.4, 0.5) is 23.5 Å². The number of aromatic nitrogens is 2. The van der Waals surface area contributed by atoms with Crippen molar-refractivity contribution in [2.75, 3.05) is 26.1 Å². The van der Waals surface area contributed by atoms with E-state index in [0.717, 1.165) is 6.07 Å². The smallest absolute Gasteiger partial charge is 0.354 e. The van der Waals surface area contributed by atoms with Crippen molar-refractivity contribution in [1.82, 2.24) is 9.55 Å². The Morgan fingerprint density at radius 2 is 1.92 bits per heavy atom. The van der Waals surface area contributed by atoms with Crippen molar-refractivity contribution in [2.24, 2.45) is 0 Å². The van der Waals surface area contributed by atoms with Gasteiger partial charge in [-0.3, -0.25) is 4.79 Å². The Kier molecular flexibility index (Phi) is 6.37. The third-order valence-electron chi connectivity index (χ3n) is 3.31. The zero-order valence-electron chi connectivity index (χ0n) is 13.6. The van der Waals surface area contributed by atoms with Crippen molar-refractivity contribution < 1.29 is 27.0 Å². The van der Waals surface area contributed by atoms with E-state index in [9.17, 15) is 22.4 Å². The second-order valence-corrected chi connectivity index (χ2v) is 5.93. The van der Waals surface area contributed by atoms with Crippen molar-refractivity contribution >= 4 is 21.9 Å². The van der Waals surface area contributed by atoms with Crippen molar-refractivity contribution in [1.29, 1.82) is 0 Å². The summed E-state index contributed by atoms with van der Waals surface area (Å²) in [4.78, 5) is 15.7. The second-order valence-electron chi connectivity index (χ2n) is 5.01. The van der Waals surface area contributed by atoms with Crippen LogP contribution < -0.4 is 10.9 Å². The van der Waals surface area contributed by atoms with Gasteiger partial charge in [0.25, 0.3) is 5.56 Å². The molecule has 1 aromatic heterocycles. The summed E-state index contributed by atoms with van der Waals surface area (Å²) in [6, 6.07) is 4.07. The summed E-state index contributed by atoms with van der Waals surface area (Å²) in [7, 11) is 2.66. The van der Waals surface area contributed by atoms with Crippen LogP contribution in [0, 0.1) is 5.82 Å². The Balaban J connectivity index is 2.60. The van der Waals surface area contributed by atoms with E-state index in [-0.39, 0.29) is 12.2 Å². The number of ether oxygens (including phenoxy) is 2. The van der Waals surface area contributed by atoms with Crippen molar-refractivity contribution in [3.05, 3.63) is 50.6 Å². The van der Waals surface area contributed by atoms with Crippen LogP contribution in [0.5, 0.6) is 0 Å². The number of halogens is 5. The lowest BCUT2D eigenvalue weighted by molar-refractivity contribution is -0.141. The number of methoxy groups -OCH3 is 2. The van der Waals surface area contributed by atoms with Gasteiger partial charge in [-0.15, -0.1) is 0 Å². The van der Waals surface area contributed by atoms with Crippen LogP contribution in [0.3, 0.4) is 0 Å². The number of alkyl halides is 3. The summed E-state index contributed by atoms with van der Waals surface area (Å²) in [6.07, 6.45) is -5.65.